The molecule has 0 fully saturated rings. The van der Waals surface area contributed by atoms with Crippen molar-refractivity contribution in [2.24, 2.45) is 0 Å². The number of ether oxygens (including phenoxy) is 1. The zero-order chi connectivity index (χ0) is 19.5. The molecule has 2 N–H and O–H groups in total. The van der Waals surface area contributed by atoms with Crippen molar-refractivity contribution >= 4 is 16.6 Å². The van der Waals surface area contributed by atoms with Crippen molar-refractivity contribution in [3.63, 3.8) is 0 Å². The number of fused-ring (bicyclic) bond motifs is 1. The number of hydrogen-bond acceptors (Lipinski definition) is 4. The van der Waals surface area contributed by atoms with Crippen molar-refractivity contribution < 1.29 is 19.7 Å². The van der Waals surface area contributed by atoms with Crippen molar-refractivity contribution in [3.8, 4) is 28.4 Å². The molecule has 4 rings (SSSR count). The molecule has 0 unspecified atom stereocenters. The van der Waals surface area contributed by atoms with Gasteiger partial charge in [-0.25, -0.2) is 0 Å². The van der Waals surface area contributed by atoms with E-state index in [1.165, 1.54) is 29.0 Å². The lowest BCUT2D eigenvalue weighted by Gasteiger charge is -2.08. The minimum atomic E-state index is -0.328. The third-order valence-electron chi connectivity index (χ3n) is 4.60. The molecule has 0 spiro atoms. The van der Waals surface area contributed by atoms with E-state index in [9.17, 15) is 15.0 Å². The molecule has 0 aliphatic rings. The lowest BCUT2D eigenvalue weighted by atomic mass is 10.0. The van der Waals surface area contributed by atoms with Crippen LogP contribution in [0.2, 0.25) is 0 Å². The average Bonchev–Trinajstić information content (AvgIpc) is 2.74. The summed E-state index contributed by atoms with van der Waals surface area (Å²) < 4.78 is 5.56. The molecular formula is C24H18O4. The summed E-state index contributed by atoms with van der Waals surface area (Å²) in [5.74, 6) is -0.290. The van der Waals surface area contributed by atoms with Crippen LogP contribution in [-0.4, -0.2) is 22.6 Å². The summed E-state index contributed by atoms with van der Waals surface area (Å²) in [6.45, 7) is -0.153. The topological polar surface area (TPSA) is 66.8 Å². The van der Waals surface area contributed by atoms with Gasteiger partial charge in [-0.05, 0) is 58.3 Å². The maximum atomic E-state index is 12.2. The highest BCUT2D eigenvalue weighted by atomic mass is 16.5. The van der Waals surface area contributed by atoms with Crippen LogP contribution in [0.15, 0.2) is 84.9 Å². The van der Waals surface area contributed by atoms with Crippen molar-refractivity contribution in [2.45, 2.75) is 0 Å². The van der Waals surface area contributed by atoms with Gasteiger partial charge in [-0.3, -0.25) is 4.79 Å². The lowest BCUT2D eigenvalue weighted by Crippen LogP contribution is -2.11. The zero-order valence-electron chi connectivity index (χ0n) is 15.0. The highest BCUT2D eigenvalue weighted by molar-refractivity contribution is 5.97. The first-order valence-corrected chi connectivity index (χ1v) is 8.87. The number of carbonyl (C=O) groups is 1. The first-order valence-electron chi connectivity index (χ1n) is 8.87. The monoisotopic (exact) mass is 370 g/mol. The molecule has 0 radical (unpaired) electrons. The Balaban J connectivity index is 1.45. The molecule has 0 aromatic heterocycles. The van der Waals surface area contributed by atoms with Crippen molar-refractivity contribution in [2.75, 3.05) is 6.61 Å². The molecule has 138 valence electrons. The molecule has 0 aliphatic heterocycles. The number of phenols is 2. The summed E-state index contributed by atoms with van der Waals surface area (Å²) in [5.41, 5.74) is 2.46. The van der Waals surface area contributed by atoms with Crippen LogP contribution >= 0.6 is 0 Å². The predicted octanol–water partition coefficient (Wildman–Crippen LogP) is 5.18. The van der Waals surface area contributed by atoms with Crippen molar-refractivity contribution in [3.05, 3.63) is 90.5 Å². The van der Waals surface area contributed by atoms with E-state index in [-0.39, 0.29) is 29.5 Å². The van der Waals surface area contributed by atoms with E-state index < -0.39 is 0 Å². The van der Waals surface area contributed by atoms with E-state index in [4.69, 9.17) is 4.74 Å². The van der Waals surface area contributed by atoms with Crippen LogP contribution in [-0.2, 0) is 0 Å². The Hall–Kier alpha value is -3.79. The van der Waals surface area contributed by atoms with E-state index in [1.54, 1.807) is 0 Å². The number of benzene rings is 4. The Kier molecular flexibility index (Phi) is 4.68. The van der Waals surface area contributed by atoms with Gasteiger partial charge in [-0.1, -0.05) is 48.5 Å². The minimum absolute atomic E-state index is 0.153. The van der Waals surface area contributed by atoms with Gasteiger partial charge in [0.25, 0.3) is 0 Å². The standard InChI is InChI=1S/C24H18O4/c25-22-12-9-20(14-23(22)26)24(27)15-28-21-10-7-17(8-11-21)19-6-5-16-3-1-2-4-18(16)13-19/h1-14,25-26H,15H2. The van der Waals surface area contributed by atoms with Gasteiger partial charge in [0, 0.05) is 5.56 Å². The van der Waals surface area contributed by atoms with Crippen molar-refractivity contribution in [1.29, 1.82) is 0 Å². The van der Waals surface area contributed by atoms with Crippen LogP contribution in [0.4, 0.5) is 0 Å². The van der Waals surface area contributed by atoms with Crippen LogP contribution in [0.5, 0.6) is 17.2 Å². The van der Waals surface area contributed by atoms with E-state index in [1.807, 2.05) is 36.4 Å². The Morgan fingerprint density at radius 2 is 1.43 bits per heavy atom. The SMILES string of the molecule is O=C(COc1ccc(-c2ccc3ccccc3c2)cc1)c1ccc(O)c(O)c1. The fourth-order valence-electron chi connectivity index (χ4n) is 3.04. The molecule has 4 heteroatoms. The maximum absolute atomic E-state index is 12.2. The van der Waals surface area contributed by atoms with Crippen molar-refractivity contribution in [1.82, 2.24) is 0 Å². The molecular weight excluding hydrogens is 352 g/mol. The first kappa shape index (κ1) is 17.6. The van der Waals surface area contributed by atoms with Gasteiger partial charge in [-0.2, -0.15) is 0 Å². The van der Waals surface area contributed by atoms with Gasteiger partial charge in [-0.15, -0.1) is 0 Å². The third kappa shape index (κ3) is 3.67. The fraction of sp³-hybridized carbons (Fsp3) is 0.0417. The van der Waals surface area contributed by atoms with Gasteiger partial charge in [0.1, 0.15) is 5.75 Å². The predicted molar refractivity (Wildman–Crippen MR) is 109 cm³/mol. The molecule has 28 heavy (non-hydrogen) atoms. The first-order chi connectivity index (χ1) is 13.6. The summed E-state index contributed by atoms with van der Waals surface area (Å²) in [4.78, 5) is 12.2. The van der Waals surface area contributed by atoms with Crippen LogP contribution in [0.25, 0.3) is 21.9 Å². The van der Waals surface area contributed by atoms with Gasteiger partial charge >= 0.3 is 0 Å². The van der Waals surface area contributed by atoms with E-state index >= 15 is 0 Å². The number of ketones is 1. The van der Waals surface area contributed by atoms with Crippen LogP contribution in [0, 0.1) is 0 Å². The van der Waals surface area contributed by atoms with Gasteiger partial charge in [0.2, 0.25) is 0 Å². The number of carbonyl (C=O) groups excluding carboxylic acids is 1. The van der Waals surface area contributed by atoms with Crippen LogP contribution < -0.4 is 4.74 Å². The molecule has 0 aliphatic carbocycles. The van der Waals surface area contributed by atoms with Gasteiger partial charge in [0.15, 0.2) is 23.9 Å². The van der Waals surface area contributed by atoms with Crippen LogP contribution in [0.3, 0.4) is 0 Å². The highest BCUT2D eigenvalue weighted by Crippen LogP contribution is 2.27. The summed E-state index contributed by atoms with van der Waals surface area (Å²) in [6.07, 6.45) is 0. The molecule has 4 aromatic rings. The highest BCUT2D eigenvalue weighted by Gasteiger charge is 2.10. The molecule has 0 heterocycles. The number of Topliss-reactive ketones (excluding diaryl/α,β-unsaturated/α-hetero) is 1. The number of rotatable bonds is 5. The summed E-state index contributed by atoms with van der Waals surface area (Å²) in [5, 5.41) is 21.2. The fourth-order valence-corrected chi connectivity index (χ4v) is 3.04. The smallest absolute Gasteiger partial charge is 0.200 e. The number of hydrogen-bond donors (Lipinski definition) is 2. The second-order valence-corrected chi connectivity index (χ2v) is 6.50. The average molecular weight is 370 g/mol. The van der Waals surface area contributed by atoms with E-state index in [0.717, 1.165) is 11.1 Å². The quantitative estimate of drug-likeness (QED) is 0.375. The van der Waals surface area contributed by atoms with E-state index in [2.05, 4.69) is 30.3 Å². The Morgan fingerprint density at radius 1 is 0.714 bits per heavy atom. The molecule has 0 saturated heterocycles. The molecule has 0 bridgehead atoms. The summed E-state index contributed by atoms with van der Waals surface area (Å²) in [6, 6.07) is 26.1. The summed E-state index contributed by atoms with van der Waals surface area (Å²) >= 11 is 0. The van der Waals surface area contributed by atoms with Gasteiger partial charge in [0.05, 0.1) is 0 Å². The largest absolute Gasteiger partial charge is 0.504 e. The maximum Gasteiger partial charge on any atom is 0.200 e. The molecule has 0 amide bonds. The molecule has 4 nitrogen and oxygen atoms in total. The lowest BCUT2D eigenvalue weighted by molar-refractivity contribution is 0.0921. The molecule has 0 saturated carbocycles. The Labute approximate surface area is 162 Å². The zero-order valence-corrected chi connectivity index (χ0v) is 15.0. The minimum Gasteiger partial charge on any atom is -0.504 e. The molecule has 4 aromatic carbocycles. The van der Waals surface area contributed by atoms with E-state index in [0.29, 0.717) is 5.75 Å². The number of aromatic hydroxyl groups is 2. The number of phenolic OH excluding ortho intramolecular Hbond substituents is 2. The normalized spacial score (nSPS) is 10.7. The van der Waals surface area contributed by atoms with Gasteiger partial charge < -0.3 is 14.9 Å². The second-order valence-electron chi connectivity index (χ2n) is 6.50. The Morgan fingerprint density at radius 3 is 2.18 bits per heavy atom. The summed E-state index contributed by atoms with van der Waals surface area (Å²) in [7, 11) is 0. The second kappa shape index (κ2) is 7.45. The third-order valence-corrected chi connectivity index (χ3v) is 4.60. The Bertz CT molecular complexity index is 1150. The molecule has 0 atom stereocenters. The van der Waals surface area contributed by atoms with Crippen LogP contribution in [0.1, 0.15) is 10.4 Å².